The van der Waals surface area contributed by atoms with Gasteiger partial charge in [0.2, 0.25) is 0 Å². The summed E-state index contributed by atoms with van der Waals surface area (Å²) < 4.78 is 30.9. The highest BCUT2D eigenvalue weighted by Crippen LogP contribution is 2.28. The van der Waals surface area contributed by atoms with Crippen LogP contribution in [-0.4, -0.2) is 69.4 Å². The number of benzene rings is 3. The number of likely N-dealkylation sites (N-methyl/N-ethyl adjacent to an activating group) is 1. The number of aromatic nitrogens is 3. The van der Waals surface area contributed by atoms with E-state index in [2.05, 4.69) is 78.3 Å². The van der Waals surface area contributed by atoms with Crippen molar-refractivity contribution >= 4 is 21.6 Å². The van der Waals surface area contributed by atoms with Crippen molar-refractivity contribution in [1.29, 1.82) is 0 Å². The second kappa shape index (κ2) is 12.6. The van der Waals surface area contributed by atoms with Crippen LogP contribution in [0.2, 0.25) is 0 Å². The third kappa shape index (κ3) is 7.11. The van der Waals surface area contributed by atoms with Gasteiger partial charge < -0.3 is 10.0 Å². The molecule has 1 unspecified atom stereocenters. The van der Waals surface area contributed by atoms with Crippen LogP contribution in [0.3, 0.4) is 0 Å². The van der Waals surface area contributed by atoms with Gasteiger partial charge in [0.1, 0.15) is 29.9 Å². The summed E-state index contributed by atoms with van der Waals surface area (Å²) in [5.74, 6) is -1.49. The lowest BCUT2D eigenvalue weighted by molar-refractivity contribution is -0.0175. The minimum atomic E-state index is -1.64. The number of rotatable bonds is 10. The molecule has 40 heavy (non-hydrogen) atoms. The maximum Gasteiger partial charge on any atom is 0.137 e. The van der Waals surface area contributed by atoms with Gasteiger partial charge >= 0.3 is 0 Å². The average Bonchev–Trinajstić information content (AvgIpc) is 3.42. The van der Waals surface area contributed by atoms with Gasteiger partial charge in [-0.25, -0.2) is 18.4 Å². The first-order valence-corrected chi connectivity index (χ1v) is 14.1. The van der Waals surface area contributed by atoms with Crippen LogP contribution in [0.5, 0.6) is 0 Å². The Kier molecular flexibility index (Phi) is 8.90. The molecule has 0 bridgehead atoms. The topological polar surface area (TPSA) is 60.7 Å². The molecule has 0 aliphatic carbocycles. The number of anilines is 1. The van der Waals surface area contributed by atoms with E-state index in [0.29, 0.717) is 6.54 Å². The summed E-state index contributed by atoms with van der Waals surface area (Å²) in [6.45, 7) is 5.51. The van der Waals surface area contributed by atoms with Crippen LogP contribution >= 0.6 is 15.9 Å². The van der Waals surface area contributed by atoms with Crippen LogP contribution in [-0.2, 0) is 25.2 Å². The summed E-state index contributed by atoms with van der Waals surface area (Å²) in [6.07, 6.45) is 2.82. The zero-order valence-corrected chi connectivity index (χ0v) is 24.0. The number of piperazine rings is 1. The second-order valence-electron chi connectivity index (χ2n) is 10.5. The van der Waals surface area contributed by atoms with E-state index in [9.17, 15) is 13.9 Å². The van der Waals surface area contributed by atoms with Crippen molar-refractivity contribution in [2.45, 2.75) is 25.2 Å². The van der Waals surface area contributed by atoms with E-state index in [-0.39, 0.29) is 18.7 Å². The summed E-state index contributed by atoms with van der Waals surface area (Å²) in [5.41, 5.74) is 1.94. The van der Waals surface area contributed by atoms with E-state index in [4.69, 9.17) is 0 Å². The number of hydrogen-bond donors (Lipinski definition) is 1. The van der Waals surface area contributed by atoms with Crippen LogP contribution in [0.4, 0.5) is 14.5 Å². The molecule has 1 aromatic heterocycles. The van der Waals surface area contributed by atoms with E-state index in [1.807, 2.05) is 18.0 Å². The fourth-order valence-electron chi connectivity index (χ4n) is 5.35. The molecule has 1 atom stereocenters. The van der Waals surface area contributed by atoms with E-state index in [1.165, 1.54) is 34.7 Å². The molecular weight excluding hydrogens is 578 g/mol. The van der Waals surface area contributed by atoms with Crippen molar-refractivity contribution in [3.05, 3.63) is 112 Å². The van der Waals surface area contributed by atoms with Crippen molar-refractivity contribution < 1.29 is 13.9 Å². The number of halogens is 3. The number of hydrogen-bond acceptors (Lipinski definition) is 6. The molecule has 1 aliphatic heterocycles. The molecule has 0 saturated carbocycles. The first kappa shape index (κ1) is 28.4. The van der Waals surface area contributed by atoms with Gasteiger partial charge in [0, 0.05) is 67.6 Å². The van der Waals surface area contributed by atoms with Gasteiger partial charge in [-0.3, -0.25) is 9.80 Å². The largest absolute Gasteiger partial charge is 0.382 e. The monoisotopic (exact) mass is 610 g/mol. The molecule has 7 nitrogen and oxygen atoms in total. The lowest BCUT2D eigenvalue weighted by Crippen LogP contribution is -2.46. The first-order chi connectivity index (χ1) is 19.3. The van der Waals surface area contributed by atoms with Gasteiger partial charge in [0.15, 0.2) is 0 Å². The van der Waals surface area contributed by atoms with E-state index >= 15 is 0 Å². The standard InChI is InChI=1S/C30H33BrF2N6O/c1-36(19-30(40,20-39-22-34-21-35-39)28-10-7-26(32)16-29(28)33)17-23-5-8-27(9-6-23)38-13-11-37(12-14-38)18-24-3-2-4-25(31)15-24/h2-10,15-16,21-22,40H,11-14,17-20H2,1H3. The molecule has 0 radical (unpaired) electrons. The van der Waals surface area contributed by atoms with E-state index in [1.54, 1.807) is 0 Å². The predicted octanol–water partition coefficient (Wildman–Crippen LogP) is 4.66. The highest BCUT2D eigenvalue weighted by molar-refractivity contribution is 9.10. The highest BCUT2D eigenvalue weighted by atomic mass is 79.9. The Morgan fingerprint density at radius 3 is 2.42 bits per heavy atom. The van der Waals surface area contributed by atoms with Crippen molar-refractivity contribution in [2.75, 3.05) is 44.7 Å². The molecule has 1 aliphatic rings. The minimum Gasteiger partial charge on any atom is -0.382 e. The molecule has 5 rings (SSSR count). The molecule has 1 fully saturated rings. The average molecular weight is 612 g/mol. The summed E-state index contributed by atoms with van der Waals surface area (Å²) in [6, 6.07) is 20.2. The third-order valence-electron chi connectivity index (χ3n) is 7.28. The van der Waals surface area contributed by atoms with Gasteiger partial charge in [-0.15, -0.1) is 0 Å². The van der Waals surface area contributed by atoms with Crippen LogP contribution in [0.15, 0.2) is 83.9 Å². The fraction of sp³-hybridized carbons (Fsp3) is 0.333. The van der Waals surface area contributed by atoms with Crippen LogP contribution in [0.25, 0.3) is 0 Å². The van der Waals surface area contributed by atoms with Gasteiger partial charge in [0.05, 0.1) is 6.54 Å². The van der Waals surface area contributed by atoms with E-state index < -0.39 is 17.2 Å². The molecule has 210 valence electrons. The Morgan fingerprint density at radius 1 is 0.975 bits per heavy atom. The normalized spacial score (nSPS) is 15.9. The Bertz CT molecular complexity index is 1400. The zero-order valence-electron chi connectivity index (χ0n) is 22.4. The van der Waals surface area contributed by atoms with E-state index in [0.717, 1.165) is 54.9 Å². The summed E-state index contributed by atoms with van der Waals surface area (Å²) in [5, 5.41) is 15.7. The predicted molar refractivity (Wildman–Crippen MR) is 155 cm³/mol. The van der Waals surface area contributed by atoms with Crippen LogP contribution < -0.4 is 4.90 Å². The SMILES string of the molecule is CN(Cc1ccc(N2CCN(Cc3cccc(Br)c3)CC2)cc1)CC(O)(Cn1cncn1)c1ccc(F)cc1F. The molecule has 3 aromatic carbocycles. The van der Waals surface area contributed by atoms with Crippen molar-refractivity contribution in [3.63, 3.8) is 0 Å². The Balaban J connectivity index is 1.19. The zero-order chi connectivity index (χ0) is 28.1. The molecule has 0 spiro atoms. The summed E-state index contributed by atoms with van der Waals surface area (Å²) in [7, 11) is 1.87. The minimum absolute atomic E-state index is 0.0191. The molecule has 10 heteroatoms. The third-order valence-corrected chi connectivity index (χ3v) is 7.77. The van der Waals surface area contributed by atoms with Crippen LogP contribution in [0, 0.1) is 11.6 Å². The van der Waals surface area contributed by atoms with Crippen molar-refractivity contribution in [1.82, 2.24) is 24.6 Å². The summed E-state index contributed by atoms with van der Waals surface area (Å²) >= 11 is 3.55. The molecule has 0 amide bonds. The Morgan fingerprint density at radius 2 is 1.75 bits per heavy atom. The molecule has 2 heterocycles. The van der Waals surface area contributed by atoms with Gasteiger partial charge in [-0.05, 0) is 48.5 Å². The Labute approximate surface area is 241 Å². The highest BCUT2D eigenvalue weighted by Gasteiger charge is 2.35. The molecule has 4 aromatic rings. The Hall–Kier alpha value is -3.18. The fourth-order valence-corrected chi connectivity index (χ4v) is 5.80. The lowest BCUT2D eigenvalue weighted by atomic mass is 9.92. The number of aliphatic hydroxyl groups is 1. The molecule has 1 saturated heterocycles. The molecular formula is C30H33BrF2N6O. The van der Waals surface area contributed by atoms with Gasteiger partial charge in [-0.2, -0.15) is 5.10 Å². The van der Waals surface area contributed by atoms with Gasteiger partial charge in [0.25, 0.3) is 0 Å². The van der Waals surface area contributed by atoms with Crippen molar-refractivity contribution in [2.24, 2.45) is 0 Å². The smallest absolute Gasteiger partial charge is 0.137 e. The molecule has 1 N–H and O–H groups in total. The second-order valence-corrected chi connectivity index (χ2v) is 11.4. The van der Waals surface area contributed by atoms with Gasteiger partial charge in [-0.1, -0.05) is 46.3 Å². The van der Waals surface area contributed by atoms with Crippen LogP contribution in [0.1, 0.15) is 16.7 Å². The summed E-state index contributed by atoms with van der Waals surface area (Å²) in [4.78, 5) is 10.7. The quantitative estimate of drug-likeness (QED) is 0.282. The van der Waals surface area contributed by atoms with Crippen molar-refractivity contribution in [3.8, 4) is 0 Å². The number of nitrogens with zero attached hydrogens (tertiary/aromatic N) is 6. The lowest BCUT2D eigenvalue weighted by Gasteiger charge is -2.36. The maximum atomic E-state index is 14.7. The maximum absolute atomic E-state index is 14.7. The first-order valence-electron chi connectivity index (χ1n) is 13.3.